The molecule has 0 fully saturated rings. The van der Waals surface area contributed by atoms with Crippen LogP contribution < -0.4 is 0 Å². The van der Waals surface area contributed by atoms with E-state index in [-0.39, 0.29) is 5.56 Å². The van der Waals surface area contributed by atoms with E-state index < -0.39 is 5.97 Å². The molecule has 5 heteroatoms. The summed E-state index contributed by atoms with van der Waals surface area (Å²) in [7, 11) is 1.60. The number of hydrogen-bond acceptors (Lipinski definition) is 4. The number of carbonyl (C=O) groups is 1. The summed E-state index contributed by atoms with van der Waals surface area (Å²) in [5, 5.41) is 13.4. The third kappa shape index (κ3) is 2.72. The number of aryl methyl sites for hydroxylation is 1. The van der Waals surface area contributed by atoms with Gasteiger partial charge >= 0.3 is 5.97 Å². The van der Waals surface area contributed by atoms with Crippen LogP contribution in [0, 0.1) is 0 Å². The Morgan fingerprint density at radius 2 is 2.15 bits per heavy atom. The van der Waals surface area contributed by atoms with E-state index in [1.54, 1.807) is 7.11 Å². The Labute approximate surface area is 117 Å². The first-order valence-electron chi connectivity index (χ1n) is 6.48. The monoisotopic (exact) mass is 275 g/mol. The van der Waals surface area contributed by atoms with E-state index in [4.69, 9.17) is 9.26 Å². The zero-order chi connectivity index (χ0) is 14.5. The maximum absolute atomic E-state index is 11.5. The van der Waals surface area contributed by atoms with Crippen molar-refractivity contribution in [1.82, 2.24) is 5.16 Å². The molecular formula is C15H17NO4. The number of benzene rings is 1. The van der Waals surface area contributed by atoms with Gasteiger partial charge in [-0.05, 0) is 12.0 Å². The smallest absolute Gasteiger partial charge is 0.341 e. The Morgan fingerprint density at radius 3 is 2.80 bits per heavy atom. The molecule has 1 N–H and O–H groups in total. The SMILES string of the molecule is CCCc1onc(-c2ccccc2COC)c1C(=O)O. The average molecular weight is 275 g/mol. The second-order valence-corrected chi connectivity index (χ2v) is 4.47. The highest BCUT2D eigenvalue weighted by Gasteiger charge is 2.24. The molecule has 0 saturated heterocycles. The van der Waals surface area contributed by atoms with Gasteiger partial charge in [0.25, 0.3) is 0 Å². The molecule has 20 heavy (non-hydrogen) atoms. The molecule has 106 valence electrons. The van der Waals surface area contributed by atoms with Crippen LogP contribution in [0.15, 0.2) is 28.8 Å². The van der Waals surface area contributed by atoms with E-state index in [0.717, 1.165) is 17.5 Å². The summed E-state index contributed by atoms with van der Waals surface area (Å²) in [6.45, 7) is 2.36. The molecule has 0 amide bonds. The van der Waals surface area contributed by atoms with Gasteiger partial charge in [0.1, 0.15) is 11.3 Å². The van der Waals surface area contributed by atoms with E-state index >= 15 is 0 Å². The van der Waals surface area contributed by atoms with Gasteiger partial charge in [0, 0.05) is 19.1 Å². The Balaban J connectivity index is 2.55. The number of ether oxygens (including phenoxy) is 1. The van der Waals surface area contributed by atoms with Crippen LogP contribution in [0.3, 0.4) is 0 Å². The fourth-order valence-electron chi connectivity index (χ4n) is 2.16. The maximum Gasteiger partial charge on any atom is 0.341 e. The van der Waals surface area contributed by atoms with Gasteiger partial charge in [-0.3, -0.25) is 0 Å². The van der Waals surface area contributed by atoms with Crippen molar-refractivity contribution in [3.05, 3.63) is 41.2 Å². The topological polar surface area (TPSA) is 72.6 Å². The number of rotatable bonds is 6. The highest BCUT2D eigenvalue weighted by atomic mass is 16.5. The Kier molecular flexibility index (Phi) is 4.53. The normalized spacial score (nSPS) is 10.7. The molecule has 2 aromatic rings. The van der Waals surface area contributed by atoms with Gasteiger partial charge in [-0.25, -0.2) is 4.79 Å². The third-order valence-electron chi connectivity index (χ3n) is 3.03. The van der Waals surface area contributed by atoms with Crippen LogP contribution >= 0.6 is 0 Å². The number of hydrogen-bond donors (Lipinski definition) is 1. The summed E-state index contributed by atoms with van der Waals surface area (Å²) < 4.78 is 10.4. The first kappa shape index (κ1) is 14.3. The van der Waals surface area contributed by atoms with Crippen LogP contribution in [-0.2, 0) is 17.8 Å². The van der Waals surface area contributed by atoms with Crippen molar-refractivity contribution in [2.75, 3.05) is 7.11 Å². The van der Waals surface area contributed by atoms with Crippen molar-refractivity contribution in [3.8, 4) is 11.3 Å². The number of methoxy groups -OCH3 is 1. The zero-order valence-corrected chi connectivity index (χ0v) is 11.5. The van der Waals surface area contributed by atoms with Gasteiger partial charge in [-0.2, -0.15) is 0 Å². The van der Waals surface area contributed by atoms with Gasteiger partial charge in [-0.1, -0.05) is 36.3 Å². The van der Waals surface area contributed by atoms with Crippen LogP contribution in [0.25, 0.3) is 11.3 Å². The van der Waals surface area contributed by atoms with Crippen molar-refractivity contribution in [2.24, 2.45) is 0 Å². The van der Waals surface area contributed by atoms with Gasteiger partial charge in [-0.15, -0.1) is 0 Å². The molecule has 0 saturated carbocycles. The highest BCUT2D eigenvalue weighted by molar-refractivity contribution is 5.96. The van der Waals surface area contributed by atoms with Crippen molar-refractivity contribution in [3.63, 3.8) is 0 Å². The predicted octanol–water partition coefficient (Wildman–Crippen LogP) is 3.14. The lowest BCUT2D eigenvalue weighted by Crippen LogP contribution is -2.03. The highest BCUT2D eigenvalue weighted by Crippen LogP contribution is 2.29. The van der Waals surface area contributed by atoms with Gasteiger partial charge in [0.2, 0.25) is 0 Å². The minimum absolute atomic E-state index is 0.149. The molecule has 0 spiro atoms. The molecule has 0 aliphatic rings. The first-order chi connectivity index (χ1) is 9.69. The van der Waals surface area contributed by atoms with E-state index in [1.165, 1.54) is 0 Å². The molecule has 1 heterocycles. The van der Waals surface area contributed by atoms with Crippen LogP contribution in [0.4, 0.5) is 0 Å². The number of carboxylic acids is 1. The van der Waals surface area contributed by atoms with E-state index in [9.17, 15) is 9.90 Å². The molecule has 2 rings (SSSR count). The molecule has 1 aromatic heterocycles. The minimum atomic E-state index is -1.02. The number of aromatic carboxylic acids is 1. The van der Waals surface area contributed by atoms with Crippen molar-refractivity contribution in [1.29, 1.82) is 0 Å². The van der Waals surface area contributed by atoms with Gasteiger partial charge in [0.15, 0.2) is 5.76 Å². The zero-order valence-electron chi connectivity index (χ0n) is 11.5. The van der Waals surface area contributed by atoms with E-state index in [2.05, 4.69) is 5.16 Å². The predicted molar refractivity (Wildman–Crippen MR) is 73.6 cm³/mol. The summed E-state index contributed by atoms with van der Waals surface area (Å²) in [5.74, 6) is -0.598. The molecule has 0 radical (unpaired) electrons. The van der Waals surface area contributed by atoms with Gasteiger partial charge in [0.05, 0.1) is 6.61 Å². The summed E-state index contributed by atoms with van der Waals surface area (Å²) in [4.78, 5) is 11.5. The fourth-order valence-corrected chi connectivity index (χ4v) is 2.16. The quantitative estimate of drug-likeness (QED) is 0.876. The second kappa shape index (κ2) is 6.34. The Morgan fingerprint density at radius 1 is 1.40 bits per heavy atom. The summed E-state index contributed by atoms with van der Waals surface area (Å²) >= 11 is 0. The molecule has 1 aromatic carbocycles. The molecule has 0 bridgehead atoms. The number of nitrogens with zero attached hydrogens (tertiary/aromatic N) is 1. The van der Waals surface area contributed by atoms with Crippen molar-refractivity contribution < 1.29 is 19.2 Å². The lowest BCUT2D eigenvalue weighted by atomic mass is 10.00. The molecule has 0 aliphatic heterocycles. The van der Waals surface area contributed by atoms with Crippen LogP contribution in [0.1, 0.15) is 35.0 Å². The second-order valence-electron chi connectivity index (χ2n) is 4.47. The van der Waals surface area contributed by atoms with Gasteiger partial charge < -0.3 is 14.4 Å². The molecule has 0 atom stereocenters. The molecular weight excluding hydrogens is 258 g/mol. The summed E-state index contributed by atoms with van der Waals surface area (Å²) in [5.41, 5.74) is 2.13. The van der Waals surface area contributed by atoms with E-state index in [1.807, 2.05) is 31.2 Å². The van der Waals surface area contributed by atoms with Crippen LogP contribution in [0.5, 0.6) is 0 Å². The standard InChI is InChI=1S/C15H17NO4/c1-3-6-12-13(15(17)18)14(16-20-12)11-8-5-4-7-10(11)9-19-2/h4-5,7-8H,3,6,9H2,1-2H3,(H,17,18). The third-order valence-corrected chi connectivity index (χ3v) is 3.03. The van der Waals surface area contributed by atoms with Crippen molar-refractivity contribution >= 4 is 5.97 Å². The summed E-state index contributed by atoms with van der Waals surface area (Å²) in [6.07, 6.45) is 1.36. The fraction of sp³-hybridized carbons (Fsp3) is 0.333. The first-order valence-corrected chi connectivity index (χ1v) is 6.48. The van der Waals surface area contributed by atoms with Crippen molar-refractivity contribution in [2.45, 2.75) is 26.4 Å². The van der Waals surface area contributed by atoms with E-state index in [0.29, 0.717) is 24.5 Å². The largest absolute Gasteiger partial charge is 0.477 e. The minimum Gasteiger partial charge on any atom is -0.477 e. The lowest BCUT2D eigenvalue weighted by Gasteiger charge is -2.06. The Bertz CT molecular complexity index is 604. The average Bonchev–Trinajstić information content (AvgIpc) is 2.84. The number of aromatic nitrogens is 1. The van der Waals surface area contributed by atoms with Crippen LogP contribution in [-0.4, -0.2) is 23.3 Å². The molecule has 5 nitrogen and oxygen atoms in total. The maximum atomic E-state index is 11.5. The summed E-state index contributed by atoms with van der Waals surface area (Å²) in [6, 6.07) is 7.44. The van der Waals surface area contributed by atoms with Crippen LogP contribution in [0.2, 0.25) is 0 Å². The lowest BCUT2D eigenvalue weighted by molar-refractivity contribution is 0.0695. The number of carboxylic acid groups (broad SMARTS) is 1. The Hall–Kier alpha value is -2.14. The molecule has 0 unspecified atom stereocenters. The molecule has 0 aliphatic carbocycles.